The highest BCUT2D eigenvalue weighted by molar-refractivity contribution is 7.26. The Morgan fingerprint density at radius 1 is 0.520 bits per heavy atom. The normalized spacial score (nSPS) is 12.2. The Morgan fingerprint density at radius 3 is 2.10 bits per heavy atom. The number of anilines is 3. The Morgan fingerprint density at radius 2 is 1.20 bits per heavy atom. The van der Waals surface area contributed by atoms with Gasteiger partial charge in [0, 0.05) is 44.1 Å². The van der Waals surface area contributed by atoms with Crippen LogP contribution in [-0.2, 0) is 6.42 Å². The van der Waals surface area contributed by atoms with E-state index >= 15 is 0 Å². The summed E-state index contributed by atoms with van der Waals surface area (Å²) in [5.41, 5.74) is 10.2. The molecule has 0 N–H and O–H groups in total. The zero-order chi connectivity index (χ0) is 33.0. The number of nitrogens with zero attached hydrogens (tertiary/aromatic N) is 1. The van der Waals surface area contributed by atoms with E-state index < -0.39 is 0 Å². The third-order valence-electron chi connectivity index (χ3n) is 9.92. The first-order valence-electron chi connectivity index (χ1n) is 17.1. The molecule has 0 fully saturated rings. The van der Waals surface area contributed by atoms with E-state index in [1.807, 2.05) is 11.3 Å². The van der Waals surface area contributed by atoms with Gasteiger partial charge in [-0.05, 0) is 69.6 Å². The summed E-state index contributed by atoms with van der Waals surface area (Å²) >= 11 is 1.86. The Bertz CT molecular complexity index is 2840. The summed E-state index contributed by atoms with van der Waals surface area (Å²) < 4.78 is 9.17. The molecule has 0 unspecified atom stereocenters. The van der Waals surface area contributed by atoms with Gasteiger partial charge in [0.15, 0.2) is 0 Å². The molecule has 2 heterocycles. The number of hydrogen-bond donors (Lipinski definition) is 0. The molecule has 0 spiro atoms. The SMILES string of the molecule is C1=c2ccccc2=Cc2c(oc3cccc(-c4ccccc4N(c4ccc(-c5ccccc5)cc4)c4cccc5c4sc4ccccc45)c23)C1. The van der Waals surface area contributed by atoms with E-state index in [4.69, 9.17) is 4.42 Å². The third-order valence-corrected chi connectivity index (χ3v) is 11.1. The van der Waals surface area contributed by atoms with Gasteiger partial charge >= 0.3 is 0 Å². The monoisotopic (exact) mass is 657 g/mol. The molecule has 236 valence electrons. The molecule has 0 atom stereocenters. The van der Waals surface area contributed by atoms with E-state index in [1.165, 1.54) is 41.7 Å². The van der Waals surface area contributed by atoms with Crippen LogP contribution in [0.5, 0.6) is 0 Å². The van der Waals surface area contributed by atoms with Crippen molar-refractivity contribution in [2.75, 3.05) is 4.90 Å². The summed E-state index contributed by atoms with van der Waals surface area (Å²) in [6.07, 6.45) is 5.34. The topological polar surface area (TPSA) is 16.4 Å². The van der Waals surface area contributed by atoms with Crippen LogP contribution in [0.2, 0.25) is 0 Å². The molecule has 0 saturated heterocycles. The fraction of sp³-hybridized carbons (Fsp3) is 0.0213. The van der Waals surface area contributed by atoms with E-state index in [-0.39, 0.29) is 0 Å². The molecule has 0 saturated carbocycles. The van der Waals surface area contributed by atoms with Gasteiger partial charge < -0.3 is 9.32 Å². The van der Waals surface area contributed by atoms with Gasteiger partial charge in [0.2, 0.25) is 0 Å². The van der Waals surface area contributed by atoms with Crippen LogP contribution in [0.15, 0.2) is 168 Å². The molecule has 1 aliphatic rings. The van der Waals surface area contributed by atoms with Crippen LogP contribution in [0.4, 0.5) is 17.1 Å². The Balaban J connectivity index is 1.23. The summed E-state index contributed by atoms with van der Waals surface area (Å²) in [7, 11) is 0. The maximum Gasteiger partial charge on any atom is 0.135 e. The molecule has 3 heteroatoms. The summed E-state index contributed by atoms with van der Waals surface area (Å²) in [5, 5.41) is 6.18. The van der Waals surface area contributed by atoms with Gasteiger partial charge in [0.25, 0.3) is 0 Å². The van der Waals surface area contributed by atoms with Crippen molar-refractivity contribution in [3.8, 4) is 22.3 Å². The number of rotatable bonds is 5. The number of fused-ring (bicyclic) bond motifs is 7. The van der Waals surface area contributed by atoms with Crippen molar-refractivity contribution in [3.63, 3.8) is 0 Å². The first-order chi connectivity index (χ1) is 24.8. The highest BCUT2D eigenvalue weighted by Gasteiger charge is 2.24. The van der Waals surface area contributed by atoms with Gasteiger partial charge in [-0.3, -0.25) is 0 Å². The standard InChI is InChI=1S/C47H31NOS/c1-2-12-31(13-3-1)33-24-27-35(28-25-33)48(42-21-10-19-39-37-17-7-9-23-45(37)50-47(39)42)41-20-8-6-16-36(41)38-18-11-22-44-46(38)40-30-34-15-5-4-14-32(34)26-29-43(40)49-44/h1-28,30H,29H2. The lowest BCUT2D eigenvalue weighted by Crippen LogP contribution is -2.22. The zero-order valence-corrected chi connectivity index (χ0v) is 28.0. The van der Waals surface area contributed by atoms with Crippen molar-refractivity contribution in [2.45, 2.75) is 6.42 Å². The van der Waals surface area contributed by atoms with Crippen molar-refractivity contribution in [1.82, 2.24) is 0 Å². The second-order valence-electron chi connectivity index (χ2n) is 12.8. The van der Waals surface area contributed by atoms with Crippen molar-refractivity contribution in [2.24, 2.45) is 0 Å². The van der Waals surface area contributed by atoms with E-state index in [2.05, 4.69) is 181 Å². The number of benzene rings is 7. The molecule has 9 aromatic rings. The van der Waals surface area contributed by atoms with Crippen LogP contribution in [0.25, 0.3) is 65.5 Å². The molecule has 7 aromatic carbocycles. The van der Waals surface area contributed by atoms with Crippen molar-refractivity contribution < 1.29 is 4.42 Å². The fourth-order valence-corrected chi connectivity index (χ4v) is 8.79. The summed E-state index contributed by atoms with van der Waals surface area (Å²) in [6, 6.07) is 59.0. The number of thiophene rings is 1. The molecule has 0 bridgehead atoms. The summed E-state index contributed by atoms with van der Waals surface area (Å²) in [6.45, 7) is 0. The molecular weight excluding hydrogens is 627 g/mol. The van der Waals surface area contributed by atoms with Gasteiger partial charge in [-0.15, -0.1) is 11.3 Å². The highest BCUT2D eigenvalue weighted by atomic mass is 32.1. The Hall–Kier alpha value is -6.16. The molecule has 0 amide bonds. The number of hydrogen-bond acceptors (Lipinski definition) is 3. The molecule has 10 rings (SSSR count). The third kappa shape index (κ3) is 4.70. The second kappa shape index (κ2) is 11.8. The molecule has 2 aromatic heterocycles. The van der Waals surface area contributed by atoms with Crippen LogP contribution in [0, 0.1) is 0 Å². The van der Waals surface area contributed by atoms with Crippen molar-refractivity contribution in [1.29, 1.82) is 0 Å². The molecule has 0 aliphatic heterocycles. The highest BCUT2D eigenvalue weighted by Crippen LogP contribution is 2.48. The second-order valence-corrected chi connectivity index (χ2v) is 13.9. The molecule has 2 nitrogen and oxygen atoms in total. The Labute approximate surface area is 294 Å². The maximum atomic E-state index is 6.61. The summed E-state index contributed by atoms with van der Waals surface area (Å²) in [4.78, 5) is 2.45. The first-order valence-corrected chi connectivity index (χ1v) is 17.9. The van der Waals surface area contributed by atoms with Crippen LogP contribution in [-0.4, -0.2) is 0 Å². The summed E-state index contributed by atoms with van der Waals surface area (Å²) in [5.74, 6) is 1.00. The smallest absolute Gasteiger partial charge is 0.135 e. The van der Waals surface area contributed by atoms with E-state index in [0.29, 0.717) is 0 Å². The molecule has 1 aliphatic carbocycles. The lowest BCUT2D eigenvalue weighted by molar-refractivity contribution is 0.568. The van der Waals surface area contributed by atoms with Gasteiger partial charge in [-0.25, -0.2) is 0 Å². The van der Waals surface area contributed by atoms with Gasteiger partial charge in [-0.2, -0.15) is 0 Å². The fourth-order valence-electron chi connectivity index (χ4n) is 7.58. The largest absolute Gasteiger partial charge is 0.460 e. The molecular formula is C47H31NOS. The molecule has 0 radical (unpaired) electrons. The lowest BCUT2D eigenvalue weighted by Gasteiger charge is -2.28. The number of para-hydroxylation sites is 1. The van der Waals surface area contributed by atoms with E-state index in [1.54, 1.807) is 0 Å². The van der Waals surface area contributed by atoms with Crippen LogP contribution >= 0.6 is 11.3 Å². The number of furan rings is 1. The predicted molar refractivity (Wildman–Crippen MR) is 212 cm³/mol. The average molecular weight is 658 g/mol. The predicted octanol–water partition coefficient (Wildman–Crippen LogP) is 11.8. The maximum absolute atomic E-state index is 6.61. The average Bonchev–Trinajstić information content (AvgIpc) is 3.68. The van der Waals surface area contributed by atoms with Crippen molar-refractivity contribution in [3.05, 3.63) is 186 Å². The van der Waals surface area contributed by atoms with E-state index in [9.17, 15) is 0 Å². The van der Waals surface area contributed by atoms with Gasteiger partial charge in [-0.1, -0.05) is 133 Å². The van der Waals surface area contributed by atoms with Crippen LogP contribution in [0.1, 0.15) is 11.3 Å². The van der Waals surface area contributed by atoms with Gasteiger partial charge in [0.05, 0.1) is 16.1 Å². The van der Waals surface area contributed by atoms with E-state index in [0.717, 1.165) is 56.9 Å². The lowest BCUT2D eigenvalue weighted by atomic mass is 9.95. The van der Waals surface area contributed by atoms with Crippen molar-refractivity contribution >= 4 is 71.7 Å². The first kappa shape index (κ1) is 28.8. The minimum Gasteiger partial charge on any atom is -0.460 e. The minimum absolute atomic E-state index is 0.756. The quantitative estimate of drug-likeness (QED) is 0.183. The Kier molecular flexibility index (Phi) is 6.78. The molecule has 50 heavy (non-hydrogen) atoms. The zero-order valence-electron chi connectivity index (χ0n) is 27.2. The minimum atomic E-state index is 0.756. The van der Waals surface area contributed by atoms with Crippen LogP contribution in [0.3, 0.4) is 0 Å². The van der Waals surface area contributed by atoms with Crippen LogP contribution < -0.4 is 15.3 Å². The van der Waals surface area contributed by atoms with Gasteiger partial charge in [0.1, 0.15) is 11.3 Å².